The molecule has 1 aromatic carbocycles. The van der Waals surface area contributed by atoms with Gasteiger partial charge in [-0.1, -0.05) is 18.2 Å². The Kier molecular flexibility index (Phi) is 6.47. The average molecular weight is 433 g/mol. The Hall–Kier alpha value is -3.39. The number of nitrogens with one attached hydrogen (secondary N) is 2. The van der Waals surface area contributed by atoms with Crippen LogP contribution < -0.4 is 5.32 Å². The fourth-order valence-corrected chi connectivity index (χ4v) is 4.24. The molecule has 1 amide bonds. The number of carbonyl (C=O) groups is 1. The van der Waals surface area contributed by atoms with E-state index in [2.05, 4.69) is 32.4 Å². The van der Waals surface area contributed by atoms with Gasteiger partial charge in [-0.2, -0.15) is 0 Å². The van der Waals surface area contributed by atoms with Crippen LogP contribution in [-0.2, 0) is 4.79 Å². The number of benzene rings is 1. The van der Waals surface area contributed by atoms with Crippen LogP contribution in [0.25, 0.3) is 27.4 Å². The molecule has 31 heavy (non-hydrogen) atoms. The van der Waals surface area contributed by atoms with Crippen molar-refractivity contribution in [2.75, 3.05) is 19.6 Å². The van der Waals surface area contributed by atoms with Gasteiger partial charge in [0.1, 0.15) is 0 Å². The van der Waals surface area contributed by atoms with Crippen LogP contribution in [0.2, 0.25) is 0 Å². The van der Waals surface area contributed by atoms with E-state index in [1.54, 1.807) is 29.9 Å². The highest BCUT2D eigenvalue weighted by molar-refractivity contribution is 7.15. The van der Waals surface area contributed by atoms with Crippen molar-refractivity contribution in [1.29, 1.82) is 5.41 Å². The number of likely N-dealkylation sites (tertiary alicyclic amines) is 1. The highest BCUT2D eigenvalue weighted by Crippen LogP contribution is 2.28. The summed E-state index contributed by atoms with van der Waals surface area (Å²) in [4.78, 5) is 28.4. The largest absolute Gasteiger partial charge is 0.382 e. The zero-order valence-electron chi connectivity index (χ0n) is 17.3. The van der Waals surface area contributed by atoms with Crippen molar-refractivity contribution in [1.82, 2.24) is 25.2 Å². The molecule has 1 fully saturated rings. The fraction of sp³-hybridized carbons (Fsp3) is 0.261. The molecular weight excluding hydrogens is 408 g/mol. The quantitative estimate of drug-likeness (QED) is 0.554. The molecule has 4 rings (SSSR count). The Morgan fingerprint density at radius 3 is 2.58 bits per heavy atom. The SMILES string of the molecule is Cc1ncc(-c2cccc(-c3ncc(/C(C=N)=C/NCC(=O)N4CCCC4)cn3)c2)s1. The molecular formula is C23H24N6OS. The average Bonchev–Trinajstić information content (AvgIpc) is 3.49. The number of hydrogen-bond donors (Lipinski definition) is 2. The lowest BCUT2D eigenvalue weighted by Crippen LogP contribution is -2.34. The van der Waals surface area contributed by atoms with E-state index < -0.39 is 0 Å². The van der Waals surface area contributed by atoms with Crippen molar-refractivity contribution in [3.05, 3.63) is 59.6 Å². The number of aryl methyl sites for hydroxylation is 1. The summed E-state index contributed by atoms with van der Waals surface area (Å²) in [6, 6.07) is 8.07. The predicted molar refractivity (Wildman–Crippen MR) is 124 cm³/mol. The number of allylic oxidation sites excluding steroid dienone is 1. The number of rotatable bonds is 7. The number of carbonyl (C=O) groups excluding carboxylic acids is 1. The smallest absolute Gasteiger partial charge is 0.241 e. The number of aromatic nitrogens is 3. The van der Waals surface area contributed by atoms with Gasteiger partial charge < -0.3 is 15.6 Å². The first-order chi connectivity index (χ1) is 15.1. The van der Waals surface area contributed by atoms with Gasteiger partial charge >= 0.3 is 0 Å². The Labute approximate surface area is 185 Å². The van der Waals surface area contributed by atoms with E-state index in [1.807, 2.05) is 30.2 Å². The predicted octanol–water partition coefficient (Wildman–Crippen LogP) is 3.78. The maximum absolute atomic E-state index is 12.1. The molecule has 3 heterocycles. The minimum atomic E-state index is 0.0840. The van der Waals surface area contributed by atoms with Crippen LogP contribution in [0.15, 0.2) is 49.1 Å². The molecule has 0 aliphatic carbocycles. The van der Waals surface area contributed by atoms with Gasteiger partial charge in [0.25, 0.3) is 0 Å². The molecule has 2 aromatic heterocycles. The van der Waals surface area contributed by atoms with Crippen LogP contribution in [0.3, 0.4) is 0 Å². The van der Waals surface area contributed by atoms with Crippen molar-refractivity contribution < 1.29 is 4.79 Å². The van der Waals surface area contributed by atoms with E-state index in [-0.39, 0.29) is 12.5 Å². The lowest BCUT2D eigenvalue weighted by Gasteiger charge is -2.15. The maximum atomic E-state index is 12.1. The minimum absolute atomic E-state index is 0.0840. The highest BCUT2D eigenvalue weighted by Gasteiger charge is 2.16. The molecule has 0 atom stereocenters. The first-order valence-electron chi connectivity index (χ1n) is 10.2. The summed E-state index contributed by atoms with van der Waals surface area (Å²) >= 11 is 1.65. The van der Waals surface area contributed by atoms with E-state index in [1.165, 1.54) is 6.21 Å². The molecule has 1 aliphatic rings. The van der Waals surface area contributed by atoms with Crippen LogP contribution in [0.4, 0.5) is 0 Å². The molecule has 0 bridgehead atoms. The zero-order chi connectivity index (χ0) is 21.6. The summed E-state index contributed by atoms with van der Waals surface area (Å²) in [6.07, 6.45) is 10.3. The highest BCUT2D eigenvalue weighted by atomic mass is 32.1. The Morgan fingerprint density at radius 2 is 1.90 bits per heavy atom. The molecule has 0 saturated carbocycles. The first-order valence-corrected chi connectivity index (χ1v) is 11.0. The second kappa shape index (κ2) is 9.61. The van der Waals surface area contributed by atoms with Gasteiger partial charge in [0.05, 0.1) is 16.4 Å². The molecule has 158 valence electrons. The normalized spacial score (nSPS) is 14.0. The van der Waals surface area contributed by atoms with Gasteiger partial charge in [0.2, 0.25) is 5.91 Å². The second-order valence-electron chi connectivity index (χ2n) is 7.33. The lowest BCUT2D eigenvalue weighted by atomic mass is 10.1. The number of nitrogens with zero attached hydrogens (tertiary/aromatic N) is 4. The van der Waals surface area contributed by atoms with Crippen LogP contribution in [0.5, 0.6) is 0 Å². The van der Waals surface area contributed by atoms with Gasteiger partial charge in [-0.25, -0.2) is 15.0 Å². The zero-order valence-corrected chi connectivity index (χ0v) is 18.2. The van der Waals surface area contributed by atoms with Crippen LogP contribution in [-0.4, -0.2) is 51.6 Å². The molecule has 3 aromatic rings. The van der Waals surface area contributed by atoms with E-state index in [4.69, 9.17) is 5.41 Å². The third-order valence-corrected chi connectivity index (χ3v) is 6.10. The van der Waals surface area contributed by atoms with Crippen LogP contribution >= 0.6 is 11.3 Å². The summed E-state index contributed by atoms with van der Waals surface area (Å²) in [5.41, 5.74) is 3.34. The molecule has 0 unspecified atom stereocenters. The third-order valence-electron chi connectivity index (χ3n) is 5.14. The Bertz CT molecular complexity index is 1100. The number of thiazole rings is 1. The van der Waals surface area contributed by atoms with Crippen molar-refractivity contribution in [3.8, 4) is 21.8 Å². The second-order valence-corrected chi connectivity index (χ2v) is 8.57. The molecule has 0 spiro atoms. The van der Waals surface area contributed by atoms with Crippen molar-refractivity contribution in [3.63, 3.8) is 0 Å². The standard InChI is InChI=1S/C23H24N6OS/c1-16-26-14-21(31-16)17-5-4-6-18(9-17)23-27-12-20(13-28-23)19(10-24)11-25-15-22(30)29-7-2-3-8-29/h4-6,9-14,24-25H,2-3,7-8,15H2,1H3/b19-11+,24-10?. The summed E-state index contributed by atoms with van der Waals surface area (Å²) in [7, 11) is 0. The van der Waals surface area contributed by atoms with Crippen LogP contribution in [0, 0.1) is 12.3 Å². The minimum Gasteiger partial charge on any atom is -0.382 e. The van der Waals surface area contributed by atoms with Crippen molar-refractivity contribution >= 4 is 29.0 Å². The molecule has 2 N–H and O–H groups in total. The Morgan fingerprint density at radius 1 is 1.16 bits per heavy atom. The van der Waals surface area contributed by atoms with Gasteiger partial charge in [0, 0.05) is 60.8 Å². The summed E-state index contributed by atoms with van der Waals surface area (Å²) in [6.45, 7) is 3.88. The third kappa shape index (κ3) is 5.03. The maximum Gasteiger partial charge on any atom is 0.241 e. The monoisotopic (exact) mass is 432 g/mol. The molecule has 0 radical (unpaired) electrons. The van der Waals surface area contributed by atoms with Gasteiger partial charge in [0.15, 0.2) is 5.82 Å². The number of amides is 1. The molecule has 1 aliphatic heterocycles. The van der Waals surface area contributed by atoms with E-state index in [0.717, 1.165) is 46.9 Å². The summed E-state index contributed by atoms with van der Waals surface area (Å²) in [5, 5.41) is 11.8. The van der Waals surface area contributed by atoms with Gasteiger partial charge in [-0.15, -0.1) is 11.3 Å². The van der Waals surface area contributed by atoms with Crippen molar-refractivity contribution in [2.24, 2.45) is 0 Å². The topological polar surface area (TPSA) is 94.9 Å². The number of hydrogen-bond acceptors (Lipinski definition) is 7. The van der Waals surface area contributed by atoms with Crippen molar-refractivity contribution in [2.45, 2.75) is 19.8 Å². The molecule has 1 saturated heterocycles. The van der Waals surface area contributed by atoms with Gasteiger partial charge in [-0.3, -0.25) is 4.79 Å². The first kappa shape index (κ1) is 20.9. The molecule has 8 heteroatoms. The summed E-state index contributed by atoms with van der Waals surface area (Å²) in [5.74, 6) is 0.703. The fourth-order valence-electron chi connectivity index (χ4n) is 3.47. The van der Waals surface area contributed by atoms with E-state index in [9.17, 15) is 4.79 Å². The summed E-state index contributed by atoms with van der Waals surface area (Å²) < 4.78 is 0. The van der Waals surface area contributed by atoms with E-state index in [0.29, 0.717) is 17.0 Å². The molecule has 7 nitrogen and oxygen atoms in total. The van der Waals surface area contributed by atoms with E-state index >= 15 is 0 Å². The van der Waals surface area contributed by atoms with Crippen LogP contribution in [0.1, 0.15) is 23.4 Å². The lowest BCUT2D eigenvalue weighted by molar-refractivity contribution is -0.128. The van der Waals surface area contributed by atoms with Gasteiger partial charge in [-0.05, 0) is 31.4 Å². The Balaban J connectivity index is 1.45.